The lowest BCUT2D eigenvalue weighted by molar-refractivity contribution is 0.108. The van der Waals surface area contributed by atoms with E-state index in [0.29, 0.717) is 29.8 Å². The molecule has 5 nitrogen and oxygen atoms in total. The summed E-state index contributed by atoms with van der Waals surface area (Å²) in [6, 6.07) is 5.47. The van der Waals surface area contributed by atoms with Crippen molar-refractivity contribution < 1.29 is 9.53 Å². The first-order valence-electron chi connectivity index (χ1n) is 8.81. The van der Waals surface area contributed by atoms with E-state index in [1.807, 2.05) is 30.0 Å². The van der Waals surface area contributed by atoms with Crippen LogP contribution in [-0.4, -0.2) is 50.4 Å². The van der Waals surface area contributed by atoms with Crippen molar-refractivity contribution in [3.63, 3.8) is 0 Å². The molecule has 1 aromatic rings. The largest absolute Gasteiger partial charge is 0.381 e. The highest BCUT2D eigenvalue weighted by Gasteiger charge is 2.14. The lowest BCUT2D eigenvalue weighted by atomic mass is 10.2. The summed E-state index contributed by atoms with van der Waals surface area (Å²) < 4.78 is 5.49. The molecule has 1 saturated heterocycles. The molecule has 0 radical (unpaired) electrons. The minimum atomic E-state index is -0.220. The number of carbonyl (C=O) groups is 1. The fourth-order valence-electron chi connectivity index (χ4n) is 2.52. The van der Waals surface area contributed by atoms with Gasteiger partial charge < -0.3 is 20.3 Å². The maximum atomic E-state index is 11.9. The quantitative estimate of drug-likeness (QED) is 0.662. The average Bonchev–Trinajstić information content (AvgIpc) is 2.58. The summed E-state index contributed by atoms with van der Waals surface area (Å²) in [4.78, 5) is 14.2. The molecule has 1 aliphatic heterocycles. The zero-order valence-corrected chi connectivity index (χ0v) is 16.6. The molecule has 2 N–H and O–H groups in total. The summed E-state index contributed by atoms with van der Waals surface area (Å²) in [6.07, 6.45) is 0.798. The molecular formula is C18H28ClN3O2S. The van der Waals surface area contributed by atoms with Crippen molar-refractivity contribution in [1.29, 1.82) is 0 Å². The number of thioether (sulfide) groups is 1. The first-order valence-corrected chi connectivity index (χ1v) is 10.3. The molecule has 0 bridgehead atoms. The lowest BCUT2D eigenvalue weighted by Gasteiger charge is -2.29. The molecule has 0 saturated carbocycles. The van der Waals surface area contributed by atoms with Crippen molar-refractivity contribution >= 4 is 40.8 Å². The minimum Gasteiger partial charge on any atom is -0.381 e. The summed E-state index contributed by atoms with van der Waals surface area (Å²) in [5.74, 6) is 2.78. The summed E-state index contributed by atoms with van der Waals surface area (Å²) in [5.41, 5.74) is 1.74. The second-order valence-corrected chi connectivity index (χ2v) is 8.10. The van der Waals surface area contributed by atoms with E-state index in [1.54, 1.807) is 0 Å². The van der Waals surface area contributed by atoms with E-state index in [2.05, 4.69) is 29.4 Å². The van der Waals surface area contributed by atoms with Crippen LogP contribution in [0.4, 0.5) is 16.2 Å². The molecule has 0 aliphatic carbocycles. The number of anilines is 2. The van der Waals surface area contributed by atoms with E-state index in [0.717, 1.165) is 43.3 Å². The Morgan fingerprint density at radius 3 is 2.80 bits per heavy atom. The standard InChI is InChI=1S/C18H28ClN3O2S/c1-14(2)13-24-9-3-6-20-18(23)21-15-4-5-17(16(19)12-15)22-7-10-25-11-8-22/h4-5,12,14H,3,6-11,13H2,1-2H3,(H2,20,21,23). The van der Waals surface area contributed by atoms with Crippen molar-refractivity contribution in [2.24, 2.45) is 5.92 Å². The molecule has 1 fully saturated rings. The third-order valence-electron chi connectivity index (χ3n) is 3.76. The Morgan fingerprint density at radius 2 is 2.12 bits per heavy atom. The molecule has 1 aliphatic rings. The number of benzene rings is 1. The van der Waals surface area contributed by atoms with Crippen molar-refractivity contribution in [3.05, 3.63) is 23.2 Å². The number of amides is 2. The van der Waals surface area contributed by atoms with Crippen molar-refractivity contribution in [2.75, 3.05) is 54.6 Å². The average molecular weight is 386 g/mol. The van der Waals surface area contributed by atoms with Crippen LogP contribution >= 0.6 is 23.4 Å². The van der Waals surface area contributed by atoms with Crippen LogP contribution in [0.3, 0.4) is 0 Å². The van der Waals surface area contributed by atoms with Crippen LogP contribution in [0.5, 0.6) is 0 Å². The van der Waals surface area contributed by atoms with Gasteiger partial charge in [-0.25, -0.2) is 4.79 Å². The van der Waals surface area contributed by atoms with Gasteiger partial charge in [0, 0.05) is 50.0 Å². The van der Waals surface area contributed by atoms with Crippen LogP contribution in [0.1, 0.15) is 20.3 Å². The SMILES string of the molecule is CC(C)COCCCNC(=O)Nc1ccc(N2CCSCC2)c(Cl)c1. The third kappa shape index (κ3) is 7.34. The van der Waals surface area contributed by atoms with Crippen LogP contribution in [-0.2, 0) is 4.74 Å². The molecule has 7 heteroatoms. The maximum absolute atomic E-state index is 11.9. The lowest BCUT2D eigenvalue weighted by Crippen LogP contribution is -2.32. The molecule has 2 rings (SSSR count). The van der Waals surface area contributed by atoms with Crippen molar-refractivity contribution in [2.45, 2.75) is 20.3 Å². The van der Waals surface area contributed by atoms with Crippen LogP contribution < -0.4 is 15.5 Å². The Morgan fingerprint density at radius 1 is 1.36 bits per heavy atom. The summed E-state index contributed by atoms with van der Waals surface area (Å²) >= 11 is 8.36. The van der Waals surface area contributed by atoms with E-state index in [9.17, 15) is 4.79 Å². The van der Waals surface area contributed by atoms with Crippen LogP contribution in [0.25, 0.3) is 0 Å². The molecule has 1 aromatic carbocycles. The number of urea groups is 1. The molecular weight excluding hydrogens is 358 g/mol. The fourth-order valence-corrected chi connectivity index (χ4v) is 3.72. The normalized spacial score (nSPS) is 14.6. The van der Waals surface area contributed by atoms with Gasteiger partial charge in [0.25, 0.3) is 0 Å². The van der Waals surface area contributed by atoms with Gasteiger partial charge in [-0.3, -0.25) is 0 Å². The Bertz CT molecular complexity index is 551. The topological polar surface area (TPSA) is 53.6 Å². The molecule has 0 unspecified atom stereocenters. The van der Waals surface area contributed by atoms with E-state index >= 15 is 0 Å². The van der Waals surface area contributed by atoms with Gasteiger partial charge in [-0.05, 0) is 30.5 Å². The van der Waals surface area contributed by atoms with Crippen LogP contribution in [0.15, 0.2) is 18.2 Å². The maximum Gasteiger partial charge on any atom is 0.319 e. The molecule has 25 heavy (non-hydrogen) atoms. The number of rotatable bonds is 8. The fraction of sp³-hybridized carbons (Fsp3) is 0.611. The zero-order valence-electron chi connectivity index (χ0n) is 15.0. The van der Waals surface area contributed by atoms with Gasteiger partial charge in [-0.15, -0.1) is 0 Å². The monoisotopic (exact) mass is 385 g/mol. The van der Waals surface area contributed by atoms with Gasteiger partial charge in [-0.1, -0.05) is 25.4 Å². The van der Waals surface area contributed by atoms with Gasteiger partial charge in [-0.2, -0.15) is 11.8 Å². The number of nitrogens with one attached hydrogen (secondary N) is 2. The second-order valence-electron chi connectivity index (χ2n) is 6.47. The predicted molar refractivity (Wildman–Crippen MR) is 108 cm³/mol. The van der Waals surface area contributed by atoms with Crippen LogP contribution in [0, 0.1) is 5.92 Å². The summed E-state index contributed by atoms with van der Waals surface area (Å²) in [7, 11) is 0. The van der Waals surface area contributed by atoms with Gasteiger partial charge in [0.2, 0.25) is 0 Å². The molecule has 0 atom stereocenters. The van der Waals surface area contributed by atoms with Gasteiger partial charge in [0.15, 0.2) is 0 Å². The number of nitrogens with zero attached hydrogens (tertiary/aromatic N) is 1. The highest BCUT2D eigenvalue weighted by atomic mass is 35.5. The summed E-state index contributed by atoms with van der Waals surface area (Å²) in [5, 5.41) is 6.33. The number of ether oxygens (including phenoxy) is 1. The third-order valence-corrected chi connectivity index (χ3v) is 5.00. The smallest absolute Gasteiger partial charge is 0.319 e. The zero-order chi connectivity index (χ0) is 18.1. The van der Waals surface area contributed by atoms with Gasteiger partial charge in [0.1, 0.15) is 0 Å². The minimum absolute atomic E-state index is 0.220. The Balaban J connectivity index is 1.72. The van der Waals surface area contributed by atoms with Crippen molar-refractivity contribution in [1.82, 2.24) is 5.32 Å². The van der Waals surface area contributed by atoms with Crippen molar-refractivity contribution in [3.8, 4) is 0 Å². The Hall–Kier alpha value is -1.11. The Kier molecular flexibility index (Phi) is 8.72. The predicted octanol–water partition coefficient (Wildman–Crippen LogP) is 4.08. The molecule has 140 valence electrons. The first kappa shape index (κ1) is 20.2. The first-order chi connectivity index (χ1) is 12.1. The number of hydrogen-bond acceptors (Lipinski definition) is 4. The van der Waals surface area contributed by atoms with Gasteiger partial charge >= 0.3 is 6.03 Å². The van der Waals surface area contributed by atoms with E-state index < -0.39 is 0 Å². The van der Waals surface area contributed by atoms with E-state index in [4.69, 9.17) is 16.3 Å². The summed E-state index contributed by atoms with van der Waals surface area (Å²) in [6.45, 7) is 8.26. The number of carbonyl (C=O) groups excluding carboxylic acids is 1. The van der Waals surface area contributed by atoms with Gasteiger partial charge in [0.05, 0.1) is 10.7 Å². The second kappa shape index (κ2) is 10.8. The molecule has 0 aromatic heterocycles. The molecule has 1 heterocycles. The highest BCUT2D eigenvalue weighted by Crippen LogP contribution is 2.30. The molecule has 0 spiro atoms. The number of hydrogen-bond donors (Lipinski definition) is 2. The molecule has 2 amide bonds. The van der Waals surface area contributed by atoms with Crippen LogP contribution in [0.2, 0.25) is 5.02 Å². The number of halogens is 1. The van der Waals surface area contributed by atoms with E-state index in [-0.39, 0.29) is 6.03 Å². The Labute approximate surface area is 159 Å². The highest BCUT2D eigenvalue weighted by molar-refractivity contribution is 7.99. The van der Waals surface area contributed by atoms with E-state index in [1.165, 1.54) is 0 Å².